The molecule has 0 fully saturated rings. The largest absolute Gasteiger partial charge is 0.493 e. The van der Waals surface area contributed by atoms with Crippen molar-refractivity contribution >= 4 is 11.6 Å². The van der Waals surface area contributed by atoms with Gasteiger partial charge in [0.05, 0.1) is 18.4 Å². The van der Waals surface area contributed by atoms with Gasteiger partial charge in [0.15, 0.2) is 11.5 Å². The second kappa shape index (κ2) is 7.22. The van der Waals surface area contributed by atoms with Crippen LogP contribution in [0.3, 0.4) is 0 Å². The third-order valence-corrected chi connectivity index (χ3v) is 4.35. The Hall–Kier alpha value is -3.55. The molecule has 0 bridgehead atoms. The van der Waals surface area contributed by atoms with Crippen LogP contribution in [0.4, 0.5) is 0 Å². The molecule has 2 aromatic heterocycles. The Morgan fingerprint density at radius 1 is 1.21 bits per heavy atom. The first-order valence-electron chi connectivity index (χ1n) is 8.70. The van der Waals surface area contributed by atoms with Crippen molar-refractivity contribution in [3.8, 4) is 17.2 Å². The van der Waals surface area contributed by atoms with Gasteiger partial charge in [-0.3, -0.25) is 9.20 Å². The fourth-order valence-electron chi connectivity index (χ4n) is 3.05. The lowest BCUT2D eigenvalue weighted by Crippen LogP contribution is -2.19. The maximum Gasteiger partial charge on any atom is 0.338 e. The van der Waals surface area contributed by atoms with Crippen molar-refractivity contribution in [3.63, 3.8) is 0 Å². The number of aromatic nitrogens is 2. The Morgan fingerprint density at radius 3 is 2.86 bits per heavy atom. The van der Waals surface area contributed by atoms with Crippen LogP contribution in [0.25, 0.3) is 5.65 Å². The number of carbonyl (C=O) groups is 1. The second-order valence-electron chi connectivity index (χ2n) is 6.23. The fraction of sp³-hybridized carbons (Fsp3) is 0.250. The quantitative estimate of drug-likeness (QED) is 0.639. The van der Waals surface area contributed by atoms with E-state index in [4.69, 9.17) is 18.9 Å². The molecule has 28 heavy (non-hydrogen) atoms. The fourth-order valence-corrected chi connectivity index (χ4v) is 3.05. The van der Waals surface area contributed by atoms with E-state index in [1.807, 2.05) is 19.1 Å². The summed E-state index contributed by atoms with van der Waals surface area (Å²) < 4.78 is 23.2. The lowest BCUT2D eigenvalue weighted by Gasteiger charge is -2.21. The number of pyridine rings is 1. The van der Waals surface area contributed by atoms with Crippen LogP contribution in [0.15, 0.2) is 41.2 Å². The average Bonchev–Trinajstić information content (AvgIpc) is 2.71. The van der Waals surface area contributed by atoms with Gasteiger partial charge >= 0.3 is 5.97 Å². The molecular weight excluding hydrogens is 364 g/mol. The number of fused-ring (bicyclic) bond motifs is 2. The molecule has 4 rings (SSSR count). The van der Waals surface area contributed by atoms with Crippen LogP contribution in [-0.4, -0.2) is 35.7 Å². The number of nitrogens with zero attached hydrogens (tertiary/aromatic N) is 2. The molecule has 1 aliphatic heterocycles. The zero-order valence-electron chi connectivity index (χ0n) is 15.4. The summed E-state index contributed by atoms with van der Waals surface area (Å²) in [6.45, 7) is 2.50. The van der Waals surface area contributed by atoms with Gasteiger partial charge in [-0.25, -0.2) is 9.78 Å². The molecule has 0 amide bonds. The Labute approximate surface area is 160 Å². The van der Waals surface area contributed by atoms with E-state index < -0.39 is 5.97 Å². The maximum absolute atomic E-state index is 12.5. The smallest absolute Gasteiger partial charge is 0.338 e. The highest BCUT2D eigenvalue weighted by Crippen LogP contribution is 2.40. The molecule has 0 saturated carbocycles. The van der Waals surface area contributed by atoms with E-state index in [1.165, 1.54) is 23.6 Å². The van der Waals surface area contributed by atoms with E-state index in [-0.39, 0.29) is 17.7 Å². The lowest BCUT2D eigenvalue weighted by atomic mass is 10.1. The highest BCUT2D eigenvalue weighted by atomic mass is 16.6. The third kappa shape index (κ3) is 3.24. The van der Waals surface area contributed by atoms with E-state index in [2.05, 4.69) is 4.98 Å². The van der Waals surface area contributed by atoms with Gasteiger partial charge < -0.3 is 18.9 Å². The normalized spacial score (nSPS) is 12.6. The molecule has 0 spiro atoms. The molecule has 1 aromatic carbocycles. The van der Waals surface area contributed by atoms with Gasteiger partial charge in [0.2, 0.25) is 5.75 Å². The zero-order chi connectivity index (χ0) is 19.7. The van der Waals surface area contributed by atoms with Crippen LogP contribution in [0, 0.1) is 6.92 Å². The number of benzene rings is 1. The molecule has 0 saturated heterocycles. The molecule has 0 aliphatic carbocycles. The van der Waals surface area contributed by atoms with E-state index in [0.29, 0.717) is 41.8 Å². The SMILES string of the molecule is COc1cc(C(=O)OCc2cc(=O)n3c(C)cccc3n2)cc2c1OCCO2. The predicted octanol–water partition coefficient (Wildman–Crippen LogP) is 2.14. The number of methoxy groups -OCH3 is 1. The summed E-state index contributed by atoms with van der Waals surface area (Å²) in [4.78, 5) is 29.2. The first-order valence-corrected chi connectivity index (χ1v) is 8.70. The van der Waals surface area contributed by atoms with Gasteiger partial charge in [0.25, 0.3) is 5.56 Å². The van der Waals surface area contributed by atoms with Crippen LogP contribution in [0.5, 0.6) is 17.2 Å². The van der Waals surface area contributed by atoms with Gasteiger partial charge in [-0.1, -0.05) is 6.07 Å². The number of esters is 1. The molecular formula is C20H18N2O6. The van der Waals surface area contributed by atoms with Crippen molar-refractivity contribution in [2.24, 2.45) is 0 Å². The number of ether oxygens (including phenoxy) is 4. The maximum atomic E-state index is 12.5. The number of hydrogen-bond donors (Lipinski definition) is 0. The van der Waals surface area contributed by atoms with Crippen molar-refractivity contribution in [2.75, 3.05) is 20.3 Å². The van der Waals surface area contributed by atoms with Gasteiger partial charge in [-0.2, -0.15) is 0 Å². The van der Waals surface area contributed by atoms with Gasteiger partial charge in [0, 0.05) is 11.8 Å². The number of rotatable bonds is 4. The minimum absolute atomic E-state index is 0.130. The number of hydrogen-bond acceptors (Lipinski definition) is 7. The van der Waals surface area contributed by atoms with Gasteiger partial charge in [-0.05, 0) is 31.2 Å². The highest BCUT2D eigenvalue weighted by Gasteiger charge is 2.21. The zero-order valence-corrected chi connectivity index (χ0v) is 15.4. The Balaban J connectivity index is 1.57. The summed E-state index contributed by atoms with van der Waals surface area (Å²) in [6, 6.07) is 9.80. The van der Waals surface area contributed by atoms with Crippen LogP contribution in [-0.2, 0) is 11.3 Å². The summed E-state index contributed by atoms with van der Waals surface area (Å²) in [5.74, 6) is 0.697. The second-order valence-corrected chi connectivity index (χ2v) is 6.23. The highest BCUT2D eigenvalue weighted by molar-refractivity contribution is 5.91. The molecule has 1 aliphatic rings. The van der Waals surface area contributed by atoms with Crippen molar-refractivity contribution in [1.29, 1.82) is 0 Å². The molecule has 3 heterocycles. The van der Waals surface area contributed by atoms with Crippen LogP contribution in [0.1, 0.15) is 21.7 Å². The first kappa shape index (κ1) is 17.8. The summed E-state index contributed by atoms with van der Waals surface area (Å²) in [7, 11) is 1.48. The van der Waals surface area contributed by atoms with Crippen LogP contribution < -0.4 is 19.8 Å². The Bertz CT molecular complexity index is 1100. The van der Waals surface area contributed by atoms with Crippen LogP contribution >= 0.6 is 0 Å². The van der Waals surface area contributed by atoms with Crippen molar-refractivity contribution < 1.29 is 23.7 Å². The summed E-state index contributed by atoms with van der Waals surface area (Å²) in [5, 5.41) is 0. The molecule has 3 aromatic rings. The minimum atomic E-state index is -0.582. The van der Waals surface area contributed by atoms with Gasteiger partial charge in [-0.15, -0.1) is 0 Å². The molecule has 0 unspecified atom stereocenters. The molecule has 144 valence electrons. The van der Waals surface area contributed by atoms with Gasteiger partial charge in [0.1, 0.15) is 25.5 Å². The van der Waals surface area contributed by atoms with E-state index >= 15 is 0 Å². The topological polar surface area (TPSA) is 88.4 Å². The summed E-state index contributed by atoms with van der Waals surface area (Å²) >= 11 is 0. The number of carbonyl (C=O) groups excluding carboxylic acids is 1. The van der Waals surface area contributed by atoms with E-state index in [9.17, 15) is 9.59 Å². The first-order chi connectivity index (χ1) is 13.6. The standard InChI is InChI=1S/C20H18N2O6/c1-12-4-3-5-17-21-14(10-18(23)22(12)17)11-28-20(24)13-8-15(25-2)19-16(9-13)26-6-7-27-19/h3-5,8-10H,6-7,11H2,1-2H3. The van der Waals surface area contributed by atoms with Crippen molar-refractivity contribution in [1.82, 2.24) is 9.38 Å². The van der Waals surface area contributed by atoms with E-state index in [0.717, 1.165) is 5.69 Å². The monoisotopic (exact) mass is 382 g/mol. The van der Waals surface area contributed by atoms with Crippen LogP contribution in [0.2, 0.25) is 0 Å². The predicted molar refractivity (Wildman–Crippen MR) is 99.3 cm³/mol. The number of aryl methyl sites for hydroxylation is 1. The minimum Gasteiger partial charge on any atom is -0.493 e. The summed E-state index contributed by atoms with van der Waals surface area (Å²) in [6.07, 6.45) is 0. The molecule has 8 nitrogen and oxygen atoms in total. The third-order valence-electron chi connectivity index (χ3n) is 4.35. The Kier molecular flexibility index (Phi) is 4.60. The van der Waals surface area contributed by atoms with Crippen molar-refractivity contribution in [3.05, 3.63) is 63.7 Å². The molecule has 0 atom stereocenters. The average molecular weight is 382 g/mol. The molecule has 0 N–H and O–H groups in total. The van der Waals surface area contributed by atoms with E-state index in [1.54, 1.807) is 12.1 Å². The Morgan fingerprint density at radius 2 is 2.04 bits per heavy atom. The lowest BCUT2D eigenvalue weighted by molar-refractivity contribution is 0.0466. The summed E-state index contributed by atoms with van der Waals surface area (Å²) in [5.41, 5.74) is 1.68. The molecule has 8 heteroatoms. The van der Waals surface area contributed by atoms with Crippen molar-refractivity contribution in [2.45, 2.75) is 13.5 Å². The molecule has 0 radical (unpaired) electrons.